The van der Waals surface area contributed by atoms with Crippen molar-refractivity contribution < 1.29 is 17.2 Å². The van der Waals surface area contributed by atoms with Gasteiger partial charge in [0, 0.05) is 0 Å². The molecule has 2 rings (SSSR count). The minimum atomic E-state index is -4.04. The molecule has 0 aliphatic rings. The summed E-state index contributed by atoms with van der Waals surface area (Å²) in [6.07, 6.45) is 0. The van der Waals surface area contributed by atoms with Gasteiger partial charge in [0.25, 0.3) is 10.0 Å². The Kier molecular flexibility index (Phi) is 4.10. The Morgan fingerprint density at radius 3 is 2.40 bits per heavy atom. The number of hydrogen-bond donors (Lipinski definition) is 1. The van der Waals surface area contributed by atoms with Crippen molar-refractivity contribution >= 4 is 31.6 Å². The Hall–Kier alpha value is -1.47. The van der Waals surface area contributed by atoms with Gasteiger partial charge >= 0.3 is 0 Å². The molecule has 106 valence electrons. The van der Waals surface area contributed by atoms with E-state index in [0.29, 0.717) is 5.56 Å². The van der Waals surface area contributed by atoms with Crippen LogP contribution in [0.15, 0.2) is 45.8 Å². The van der Waals surface area contributed by atoms with Gasteiger partial charge in [0.1, 0.15) is 11.6 Å². The molecule has 0 aromatic heterocycles. The minimum absolute atomic E-state index is 0.151. The topological polar surface area (TPSA) is 46.2 Å². The largest absolute Gasteiger partial charge is 0.277 e. The van der Waals surface area contributed by atoms with Crippen molar-refractivity contribution in [1.82, 2.24) is 0 Å². The van der Waals surface area contributed by atoms with Crippen molar-refractivity contribution in [3.63, 3.8) is 0 Å². The molecule has 0 radical (unpaired) electrons. The molecule has 0 bridgehead atoms. The number of anilines is 1. The van der Waals surface area contributed by atoms with Crippen LogP contribution in [-0.4, -0.2) is 8.42 Å². The second kappa shape index (κ2) is 5.49. The summed E-state index contributed by atoms with van der Waals surface area (Å²) >= 11 is 2.93. The lowest BCUT2D eigenvalue weighted by atomic mass is 10.2. The van der Waals surface area contributed by atoms with Crippen LogP contribution in [0.25, 0.3) is 0 Å². The van der Waals surface area contributed by atoms with E-state index in [2.05, 4.69) is 20.7 Å². The van der Waals surface area contributed by atoms with Gasteiger partial charge in [0.15, 0.2) is 0 Å². The Balaban J connectivity index is 2.40. The maximum atomic E-state index is 13.6. The summed E-state index contributed by atoms with van der Waals surface area (Å²) in [4.78, 5) is -0.279. The zero-order valence-electron chi connectivity index (χ0n) is 10.3. The van der Waals surface area contributed by atoms with Gasteiger partial charge in [0.05, 0.1) is 15.1 Å². The summed E-state index contributed by atoms with van der Waals surface area (Å²) in [7, 11) is -4.04. The molecule has 0 heterocycles. The molecule has 0 aliphatic carbocycles. The number of aryl methyl sites for hydroxylation is 1. The first-order chi connectivity index (χ1) is 9.29. The third-order valence-corrected chi connectivity index (χ3v) is 4.57. The first kappa shape index (κ1) is 14.9. The third-order valence-electron chi connectivity index (χ3n) is 2.57. The van der Waals surface area contributed by atoms with Crippen molar-refractivity contribution in [1.29, 1.82) is 0 Å². The van der Waals surface area contributed by atoms with Crippen molar-refractivity contribution in [2.24, 2.45) is 0 Å². The molecule has 0 fully saturated rings. The predicted octanol–water partition coefficient (Wildman–Crippen LogP) is 3.84. The zero-order chi connectivity index (χ0) is 14.9. The average molecular weight is 362 g/mol. The SMILES string of the molecule is Cc1ccc(F)c(NS(=O)(=O)c2ccc(Br)c(F)c2)c1. The molecule has 20 heavy (non-hydrogen) atoms. The van der Waals surface area contributed by atoms with Crippen LogP contribution in [-0.2, 0) is 10.0 Å². The van der Waals surface area contributed by atoms with Crippen LogP contribution < -0.4 is 4.72 Å². The molecule has 2 aromatic carbocycles. The molecule has 0 saturated carbocycles. The number of sulfonamides is 1. The Bertz CT molecular complexity index is 763. The molecule has 0 aliphatic heterocycles. The maximum Gasteiger partial charge on any atom is 0.262 e. The highest BCUT2D eigenvalue weighted by atomic mass is 79.9. The number of halogens is 3. The van der Waals surface area contributed by atoms with E-state index in [9.17, 15) is 17.2 Å². The molecule has 0 amide bonds. The van der Waals surface area contributed by atoms with Gasteiger partial charge in [-0.1, -0.05) is 6.07 Å². The van der Waals surface area contributed by atoms with Crippen LogP contribution in [0.2, 0.25) is 0 Å². The van der Waals surface area contributed by atoms with Crippen LogP contribution >= 0.6 is 15.9 Å². The highest BCUT2D eigenvalue weighted by Crippen LogP contribution is 2.23. The molecule has 0 spiro atoms. The highest BCUT2D eigenvalue weighted by Gasteiger charge is 2.17. The average Bonchev–Trinajstić information content (AvgIpc) is 2.36. The second-order valence-corrected chi connectivity index (χ2v) is 6.70. The Morgan fingerprint density at radius 2 is 1.75 bits per heavy atom. The molecular formula is C13H10BrF2NO2S. The predicted molar refractivity (Wildman–Crippen MR) is 76.0 cm³/mol. The Labute approximate surface area is 123 Å². The van der Waals surface area contributed by atoms with Crippen LogP contribution in [0.3, 0.4) is 0 Å². The van der Waals surface area contributed by atoms with Gasteiger partial charge in [-0.25, -0.2) is 17.2 Å². The Morgan fingerprint density at radius 1 is 1.05 bits per heavy atom. The lowest BCUT2D eigenvalue weighted by Crippen LogP contribution is -2.14. The van der Waals surface area contributed by atoms with Crippen LogP contribution in [0.4, 0.5) is 14.5 Å². The van der Waals surface area contributed by atoms with E-state index in [1.807, 2.05) is 0 Å². The summed E-state index contributed by atoms with van der Waals surface area (Å²) in [5.41, 5.74) is 0.527. The van der Waals surface area contributed by atoms with E-state index in [-0.39, 0.29) is 15.1 Å². The summed E-state index contributed by atoms with van der Waals surface area (Å²) in [5, 5.41) is 0. The van der Waals surface area contributed by atoms with Crippen molar-refractivity contribution in [3.8, 4) is 0 Å². The molecule has 2 aromatic rings. The molecule has 0 unspecified atom stereocenters. The molecule has 7 heteroatoms. The van der Waals surface area contributed by atoms with E-state index in [0.717, 1.165) is 12.1 Å². The molecule has 1 N–H and O–H groups in total. The standard InChI is InChI=1S/C13H10BrF2NO2S/c1-8-2-5-11(15)13(6-8)17-20(18,19)9-3-4-10(14)12(16)7-9/h2-7,17H,1H3. The first-order valence-corrected chi connectivity index (χ1v) is 7.81. The van der Waals surface area contributed by atoms with Crippen molar-refractivity contribution in [3.05, 3.63) is 58.1 Å². The van der Waals surface area contributed by atoms with Crippen molar-refractivity contribution in [2.75, 3.05) is 4.72 Å². The van der Waals surface area contributed by atoms with Crippen molar-refractivity contribution in [2.45, 2.75) is 11.8 Å². The normalized spacial score (nSPS) is 11.4. The monoisotopic (exact) mass is 361 g/mol. The van der Waals surface area contributed by atoms with Gasteiger partial charge in [-0.3, -0.25) is 4.72 Å². The van der Waals surface area contributed by atoms with Gasteiger partial charge in [-0.05, 0) is 58.7 Å². The van der Waals surface area contributed by atoms with E-state index in [1.165, 1.54) is 24.3 Å². The smallest absolute Gasteiger partial charge is 0.262 e. The fraction of sp³-hybridized carbons (Fsp3) is 0.0769. The van der Waals surface area contributed by atoms with E-state index < -0.39 is 21.7 Å². The second-order valence-electron chi connectivity index (χ2n) is 4.16. The number of nitrogens with one attached hydrogen (secondary N) is 1. The van der Waals surface area contributed by atoms with Crippen LogP contribution in [0.5, 0.6) is 0 Å². The lowest BCUT2D eigenvalue weighted by molar-refractivity contribution is 0.592. The minimum Gasteiger partial charge on any atom is -0.277 e. The summed E-state index contributed by atoms with van der Waals surface area (Å²) in [5.74, 6) is -1.41. The summed E-state index contributed by atoms with van der Waals surface area (Å²) in [6.45, 7) is 1.70. The van der Waals surface area contributed by atoms with E-state index in [4.69, 9.17) is 0 Å². The summed E-state index contributed by atoms with van der Waals surface area (Å²) in [6, 6.07) is 7.41. The molecular weight excluding hydrogens is 352 g/mol. The maximum absolute atomic E-state index is 13.6. The van der Waals surface area contributed by atoms with Crippen LogP contribution in [0, 0.1) is 18.6 Å². The summed E-state index contributed by atoms with van der Waals surface area (Å²) < 4.78 is 53.3. The number of benzene rings is 2. The first-order valence-electron chi connectivity index (χ1n) is 5.53. The fourth-order valence-electron chi connectivity index (χ4n) is 1.57. The quantitative estimate of drug-likeness (QED) is 0.902. The van der Waals surface area contributed by atoms with Gasteiger partial charge in [-0.15, -0.1) is 0 Å². The highest BCUT2D eigenvalue weighted by molar-refractivity contribution is 9.10. The van der Waals surface area contributed by atoms with Gasteiger partial charge in [0.2, 0.25) is 0 Å². The molecule has 0 atom stereocenters. The molecule has 0 saturated heterocycles. The number of rotatable bonds is 3. The van der Waals surface area contributed by atoms with E-state index in [1.54, 1.807) is 6.92 Å². The number of hydrogen-bond acceptors (Lipinski definition) is 2. The van der Waals surface area contributed by atoms with Crippen LogP contribution in [0.1, 0.15) is 5.56 Å². The molecule has 3 nitrogen and oxygen atoms in total. The zero-order valence-corrected chi connectivity index (χ0v) is 12.7. The third kappa shape index (κ3) is 3.16. The fourth-order valence-corrected chi connectivity index (χ4v) is 2.88. The van der Waals surface area contributed by atoms with E-state index >= 15 is 0 Å². The van der Waals surface area contributed by atoms with Gasteiger partial charge < -0.3 is 0 Å². The lowest BCUT2D eigenvalue weighted by Gasteiger charge is -2.10. The van der Waals surface area contributed by atoms with Gasteiger partial charge in [-0.2, -0.15) is 0 Å².